The van der Waals surface area contributed by atoms with Crippen molar-refractivity contribution in [2.75, 3.05) is 39.3 Å². The molecule has 0 aromatic heterocycles. The van der Waals surface area contributed by atoms with Crippen LogP contribution in [0.25, 0.3) is 0 Å². The summed E-state index contributed by atoms with van der Waals surface area (Å²) in [6.45, 7) is 3.81. The quantitative estimate of drug-likeness (QED) is 0.863. The predicted octanol–water partition coefficient (Wildman–Crippen LogP) is 1.80. The molecule has 0 unspecified atom stereocenters. The van der Waals surface area contributed by atoms with Gasteiger partial charge >= 0.3 is 0 Å². The molecule has 1 heterocycles. The number of rotatable bonds is 6. The van der Waals surface area contributed by atoms with Crippen LogP contribution in [0, 0.1) is 0 Å². The summed E-state index contributed by atoms with van der Waals surface area (Å²) in [7, 11) is 0. The Hall–Kier alpha value is -2.66. The summed E-state index contributed by atoms with van der Waals surface area (Å²) >= 11 is 0. The van der Waals surface area contributed by atoms with Crippen LogP contribution in [0.1, 0.15) is 15.9 Å². The average Bonchev–Trinajstić information content (AvgIpc) is 2.69. The molecular weight excluding hydrogens is 326 g/mol. The molecule has 0 aliphatic carbocycles. The third-order valence-electron chi connectivity index (χ3n) is 4.63. The van der Waals surface area contributed by atoms with Crippen LogP contribution < -0.4 is 5.32 Å². The smallest absolute Gasteiger partial charge is 0.253 e. The van der Waals surface area contributed by atoms with Gasteiger partial charge in [-0.2, -0.15) is 0 Å². The fourth-order valence-electron chi connectivity index (χ4n) is 3.12. The van der Waals surface area contributed by atoms with Crippen molar-refractivity contribution in [1.82, 2.24) is 15.1 Å². The van der Waals surface area contributed by atoms with E-state index in [2.05, 4.69) is 22.3 Å². The first-order valence-corrected chi connectivity index (χ1v) is 9.10. The summed E-state index contributed by atoms with van der Waals surface area (Å²) < 4.78 is 0. The van der Waals surface area contributed by atoms with E-state index in [1.807, 2.05) is 53.4 Å². The van der Waals surface area contributed by atoms with Crippen molar-refractivity contribution in [2.24, 2.45) is 0 Å². The highest BCUT2D eigenvalue weighted by Crippen LogP contribution is 2.08. The minimum Gasteiger partial charge on any atom is -0.355 e. The van der Waals surface area contributed by atoms with Crippen LogP contribution in [0.5, 0.6) is 0 Å². The Morgan fingerprint density at radius 3 is 2.12 bits per heavy atom. The van der Waals surface area contributed by atoms with Crippen LogP contribution >= 0.6 is 0 Å². The first kappa shape index (κ1) is 18.1. The molecule has 0 saturated carbocycles. The van der Waals surface area contributed by atoms with Gasteiger partial charge in [-0.05, 0) is 24.1 Å². The minimum absolute atomic E-state index is 0.0452. The number of hydrogen-bond donors (Lipinski definition) is 1. The fourth-order valence-corrected chi connectivity index (χ4v) is 3.12. The number of nitrogens with one attached hydrogen (secondary N) is 1. The Bertz CT molecular complexity index is 711. The molecule has 2 amide bonds. The van der Waals surface area contributed by atoms with Gasteiger partial charge in [0.05, 0.1) is 6.54 Å². The highest BCUT2D eigenvalue weighted by molar-refractivity contribution is 5.94. The van der Waals surface area contributed by atoms with Crippen LogP contribution in [0.3, 0.4) is 0 Å². The van der Waals surface area contributed by atoms with Crippen molar-refractivity contribution in [3.63, 3.8) is 0 Å². The highest BCUT2D eigenvalue weighted by atomic mass is 16.2. The van der Waals surface area contributed by atoms with Gasteiger partial charge in [-0.15, -0.1) is 0 Å². The number of hydrogen-bond acceptors (Lipinski definition) is 3. The lowest BCUT2D eigenvalue weighted by Crippen LogP contribution is -2.51. The minimum atomic E-state index is 0.0452. The summed E-state index contributed by atoms with van der Waals surface area (Å²) in [6, 6.07) is 19.5. The average molecular weight is 351 g/mol. The van der Waals surface area contributed by atoms with E-state index in [-0.39, 0.29) is 11.8 Å². The zero-order valence-electron chi connectivity index (χ0n) is 14.9. The van der Waals surface area contributed by atoms with E-state index in [4.69, 9.17) is 0 Å². The monoisotopic (exact) mass is 351 g/mol. The molecule has 26 heavy (non-hydrogen) atoms. The van der Waals surface area contributed by atoms with Gasteiger partial charge in [0.15, 0.2) is 0 Å². The summed E-state index contributed by atoms with van der Waals surface area (Å²) in [4.78, 5) is 28.5. The van der Waals surface area contributed by atoms with Gasteiger partial charge in [-0.3, -0.25) is 14.5 Å². The fraction of sp³-hybridized carbons (Fsp3) is 0.333. The molecule has 1 N–H and O–H groups in total. The van der Waals surface area contributed by atoms with Crippen LogP contribution in [-0.4, -0.2) is 60.9 Å². The second-order valence-corrected chi connectivity index (χ2v) is 6.52. The second-order valence-electron chi connectivity index (χ2n) is 6.52. The molecule has 1 aliphatic rings. The third kappa shape index (κ3) is 5.17. The van der Waals surface area contributed by atoms with Crippen molar-refractivity contribution in [3.05, 3.63) is 71.8 Å². The molecule has 5 nitrogen and oxygen atoms in total. The van der Waals surface area contributed by atoms with Crippen LogP contribution in [0.4, 0.5) is 0 Å². The topological polar surface area (TPSA) is 52.7 Å². The summed E-state index contributed by atoms with van der Waals surface area (Å²) in [5, 5.41) is 2.98. The highest BCUT2D eigenvalue weighted by Gasteiger charge is 2.22. The SMILES string of the molecule is O=C(CN1CCN(C(=O)c2ccccc2)CC1)NCCc1ccccc1. The van der Waals surface area contributed by atoms with E-state index >= 15 is 0 Å². The van der Waals surface area contributed by atoms with Gasteiger partial charge in [0.1, 0.15) is 0 Å². The summed E-state index contributed by atoms with van der Waals surface area (Å²) in [5.41, 5.74) is 1.94. The third-order valence-corrected chi connectivity index (χ3v) is 4.63. The van der Waals surface area contributed by atoms with Crippen molar-refractivity contribution < 1.29 is 9.59 Å². The second kappa shape index (κ2) is 9.15. The molecule has 1 saturated heterocycles. The Morgan fingerprint density at radius 1 is 0.846 bits per heavy atom. The van der Waals surface area contributed by atoms with E-state index in [9.17, 15) is 9.59 Å². The normalized spacial score (nSPS) is 14.8. The molecule has 3 rings (SSSR count). The standard InChI is InChI=1S/C21H25N3O2/c25-20(22-12-11-18-7-3-1-4-8-18)17-23-13-15-24(16-14-23)21(26)19-9-5-2-6-10-19/h1-10H,11-17H2,(H,22,25). The first-order valence-electron chi connectivity index (χ1n) is 9.10. The number of benzene rings is 2. The van der Waals surface area contributed by atoms with Gasteiger partial charge in [-0.1, -0.05) is 48.5 Å². The lowest BCUT2D eigenvalue weighted by Gasteiger charge is -2.34. The zero-order valence-corrected chi connectivity index (χ0v) is 14.9. The van der Waals surface area contributed by atoms with E-state index in [0.717, 1.165) is 25.1 Å². The molecule has 0 radical (unpaired) electrons. The number of nitrogens with zero attached hydrogens (tertiary/aromatic N) is 2. The predicted molar refractivity (Wildman–Crippen MR) is 102 cm³/mol. The van der Waals surface area contributed by atoms with Crippen molar-refractivity contribution >= 4 is 11.8 Å². The maximum Gasteiger partial charge on any atom is 0.253 e. The van der Waals surface area contributed by atoms with E-state index in [1.165, 1.54) is 5.56 Å². The number of carbonyl (C=O) groups is 2. The van der Waals surface area contributed by atoms with Crippen LogP contribution in [0.2, 0.25) is 0 Å². The maximum atomic E-state index is 12.4. The number of amides is 2. The first-order chi connectivity index (χ1) is 12.7. The lowest BCUT2D eigenvalue weighted by molar-refractivity contribution is -0.122. The summed E-state index contributed by atoms with van der Waals surface area (Å²) in [6.07, 6.45) is 0.839. The Kier molecular flexibility index (Phi) is 6.39. The Balaban J connectivity index is 1.37. The molecule has 1 aliphatic heterocycles. The molecule has 0 bridgehead atoms. The number of piperazine rings is 1. The van der Waals surface area contributed by atoms with E-state index in [1.54, 1.807) is 0 Å². The van der Waals surface area contributed by atoms with Gasteiger partial charge < -0.3 is 10.2 Å². The Morgan fingerprint density at radius 2 is 1.46 bits per heavy atom. The molecule has 2 aromatic rings. The molecule has 136 valence electrons. The molecule has 2 aromatic carbocycles. The van der Waals surface area contributed by atoms with Gasteiger partial charge in [0.25, 0.3) is 5.91 Å². The molecule has 0 atom stereocenters. The van der Waals surface area contributed by atoms with E-state index < -0.39 is 0 Å². The van der Waals surface area contributed by atoms with Crippen molar-refractivity contribution in [2.45, 2.75) is 6.42 Å². The molecule has 5 heteroatoms. The zero-order chi connectivity index (χ0) is 18.2. The van der Waals surface area contributed by atoms with Crippen LogP contribution in [0.15, 0.2) is 60.7 Å². The summed E-state index contributed by atoms with van der Waals surface area (Å²) in [5.74, 6) is 0.112. The lowest BCUT2D eigenvalue weighted by atomic mass is 10.1. The Labute approximate surface area is 154 Å². The molecule has 1 fully saturated rings. The molecular formula is C21H25N3O2. The van der Waals surface area contributed by atoms with E-state index in [0.29, 0.717) is 26.2 Å². The van der Waals surface area contributed by atoms with Gasteiger partial charge in [0.2, 0.25) is 5.91 Å². The number of carbonyl (C=O) groups excluding carboxylic acids is 2. The van der Waals surface area contributed by atoms with Gasteiger partial charge in [0, 0.05) is 38.3 Å². The molecule has 0 spiro atoms. The van der Waals surface area contributed by atoms with Crippen LogP contribution in [-0.2, 0) is 11.2 Å². The van der Waals surface area contributed by atoms with Gasteiger partial charge in [-0.25, -0.2) is 0 Å². The largest absolute Gasteiger partial charge is 0.355 e. The van der Waals surface area contributed by atoms with Crippen molar-refractivity contribution in [3.8, 4) is 0 Å². The maximum absolute atomic E-state index is 12.4. The van der Waals surface area contributed by atoms with Crippen molar-refractivity contribution in [1.29, 1.82) is 0 Å².